The molecule has 0 atom stereocenters. The van der Waals surface area contributed by atoms with Crippen molar-refractivity contribution in [1.29, 1.82) is 0 Å². The van der Waals surface area contributed by atoms with Crippen molar-refractivity contribution in [1.82, 2.24) is 20.2 Å². The first-order valence-electron chi connectivity index (χ1n) is 11.8. The van der Waals surface area contributed by atoms with Crippen molar-refractivity contribution in [3.05, 3.63) is 103 Å². The lowest BCUT2D eigenvalue weighted by Gasteiger charge is -2.12. The molecule has 1 N–H and O–H groups in total. The third-order valence-electron chi connectivity index (χ3n) is 6.09. The van der Waals surface area contributed by atoms with E-state index in [4.69, 9.17) is 9.47 Å². The van der Waals surface area contributed by atoms with Crippen molar-refractivity contribution in [2.75, 3.05) is 12.4 Å². The number of anilines is 2. The molecular formula is C30H23N5O2. The van der Waals surface area contributed by atoms with E-state index in [2.05, 4.69) is 25.5 Å². The van der Waals surface area contributed by atoms with Crippen LogP contribution in [0.2, 0.25) is 0 Å². The first kappa shape index (κ1) is 22.4. The van der Waals surface area contributed by atoms with Crippen molar-refractivity contribution in [2.24, 2.45) is 0 Å². The summed E-state index contributed by atoms with van der Waals surface area (Å²) in [5, 5.41) is 15.2. The second-order valence-electron chi connectivity index (χ2n) is 8.61. The summed E-state index contributed by atoms with van der Waals surface area (Å²) in [5.74, 6) is 2.84. The lowest BCUT2D eigenvalue weighted by atomic mass is 10.1. The van der Waals surface area contributed by atoms with E-state index in [1.165, 1.54) is 0 Å². The number of methoxy groups -OCH3 is 1. The van der Waals surface area contributed by atoms with E-state index in [1.54, 1.807) is 13.3 Å². The van der Waals surface area contributed by atoms with Gasteiger partial charge in [-0.25, -0.2) is 0 Å². The molecule has 6 rings (SSSR count). The molecule has 0 aliphatic rings. The highest BCUT2D eigenvalue weighted by Gasteiger charge is 2.12. The monoisotopic (exact) mass is 485 g/mol. The predicted molar refractivity (Wildman–Crippen MR) is 146 cm³/mol. The van der Waals surface area contributed by atoms with Gasteiger partial charge in [-0.05, 0) is 67.1 Å². The summed E-state index contributed by atoms with van der Waals surface area (Å²) in [7, 11) is 1.64. The Hall–Kier alpha value is -5.04. The minimum Gasteiger partial charge on any atom is -0.497 e. The van der Waals surface area contributed by atoms with Crippen molar-refractivity contribution in [3.8, 4) is 28.6 Å². The third kappa shape index (κ3) is 4.50. The Morgan fingerprint density at radius 2 is 1.54 bits per heavy atom. The van der Waals surface area contributed by atoms with Crippen molar-refractivity contribution < 1.29 is 9.47 Å². The van der Waals surface area contributed by atoms with Gasteiger partial charge < -0.3 is 14.8 Å². The molecular weight excluding hydrogens is 462 g/mol. The third-order valence-corrected chi connectivity index (χ3v) is 6.09. The van der Waals surface area contributed by atoms with Crippen LogP contribution in [0.25, 0.3) is 33.1 Å². The molecule has 3 aromatic heterocycles. The van der Waals surface area contributed by atoms with Crippen LogP contribution < -0.4 is 14.8 Å². The van der Waals surface area contributed by atoms with Crippen molar-refractivity contribution in [3.63, 3.8) is 0 Å². The number of fused-ring (bicyclic) bond motifs is 2. The summed E-state index contributed by atoms with van der Waals surface area (Å²) in [6, 6.07) is 27.4. The Kier molecular flexibility index (Phi) is 5.78. The average Bonchev–Trinajstić information content (AvgIpc) is 2.95. The van der Waals surface area contributed by atoms with Crippen LogP contribution in [0.4, 0.5) is 11.5 Å². The molecule has 37 heavy (non-hydrogen) atoms. The zero-order chi connectivity index (χ0) is 25.2. The summed E-state index contributed by atoms with van der Waals surface area (Å²) in [4.78, 5) is 8.95. The fraction of sp³-hybridized carbons (Fsp3) is 0.0667. The number of ether oxygens (including phenoxy) is 2. The van der Waals surface area contributed by atoms with E-state index in [-0.39, 0.29) is 0 Å². The van der Waals surface area contributed by atoms with E-state index >= 15 is 0 Å². The van der Waals surface area contributed by atoms with E-state index < -0.39 is 0 Å². The number of nitrogens with zero attached hydrogens (tertiary/aromatic N) is 4. The first-order chi connectivity index (χ1) is 18.2. The highest BCUT2D eigenvalue weighted by atomic mass is 16.5. The van der Waals surface area contributed by atoms with Gasteiger partial charge in [-0.1, -0.05) is 30.3 Å². The van der Waals surface area contributed by atoms with E-state index in [0.717, 1.165) is 50.1 Å². The molecule has 0 aliphatic carbocycles. The van der Waals surface area contributed by atoms with Crippen molar-refractivity contribution >= 4 is 33.2 Å². The highest BCUT2D eigenvalue weighted by molar-refractivity contribution is 6.00. The largest absolute Gasteiger partial charge is 0.497 e. The minimum absolute atomic E-state index is 0.673. The summed E-state index contributed by atoms with van der Waals surface area (Å²) >= 11 is 0. The highest BCUT2D eigenvalue weighted by Crippen LogP contribution is 2.33. The molecule has 3 heterocycles. The van der Waals surface area contributed by atoms with E-state index in [9.17, 15) is 0 Å². The predicted octanol–water partition coefficient (Wildman–Crippen LogP) is 7.09. The zero-order valence-corrected chi connectivity index (χ0v) is 20.3. The number of aromatic nitrogens is 4. The Bertz CT molecular complexity index is 1720. The first-order valence-corrected chi connectivity index (χ1v) is 11.8. The van der Waals surface area contributed by atoms with Gasteiger partial charge in [0.1, 0.15) is 22.9 Å². The standard InChI is InChI=1S/C30H23N5O2/c1-19-7-13-27(32-18-19)29-23-5-3-4-6-24(23)30(35-34-29)33-20-8-10-21(11-9-20)37-28-15-16-31-26-14-12-22(36-2)17-25(26)28/h3-18H,1-2H3,(H,33,35). The number of hydrogen-bond acceptors (Lipinski definition) is 7. The minimum atomic E-state index is 0.673. The van der Waals surface area contributed by atoms with E-state index in [1.807, 2.05) is 98.0 Å². The molecule has 0 saturated carbocycles. The molecule has 0 saturated heterocycles. The van der Waals surface area contributed by atoms with Crippen LogP contribution in [-0.4, -0.2) is 27.3 Å². The molecule has 7 nitrogen and oxygen atoms in total. The molecule has 3 aromatic carbocycles. The maximum absolute atomic E-state index is 6.18. The zero-order valence-electron chi connectivity index (χ0n) is 20.3. The van der Waals surface area contributed by atoms with Gasteiger partial charge in [-0.15, -0.1) is 10.2 Å². The maximum atomic E-state index is 6.18. The Morgan fingerprint density at radius 1 is 0.730 bits per heavy atom. The number of hydrogen-bond donors (Lipinski definition) is 1. The van der Waals surface area contributed by atoms with Gasteiger partial charge in [0, 0.05) is 34.2 Å². The van der Waals surface area contributed by atoms with Crippen LogP contribution in [0.3, 0.4) is 0 Å². The lowest BCUT2D eigenvalue weighted by Crippen LogP contribution is -2.00. The molecule has 0 spiro atoms. The van der Waals surface area contributed by atoms with Crippen LogP contribution >= 0.6 is 0 Å². The molecule has 0 unspecified atom stereocenters. The van der Waals surface area contributed by atoms with Crippen LogP contribution in [0.5, 0.6) is 17.2 Å². The summed E-state index contributed by atoms with van der Waals surface area (Å²) in [6.07, 6.45) is 3.58. The second kappa shape index (κ2) is 9.54. The maximum Gasteiger partial charge on any atom is 0.161 e. The van der Waals surface area contributed by atoms with Crippen LogP contribution in [0.1, 0.15) is 5.56 Å². The Balaban J connectivity index is 1.27. The fourth-order valence-corrected chi connectivity index (χ4v) is 4.18. The molecule has 0 aliphatic heterocycles. The van der Waals surface area contributed by atoms with Gasteiger partial charge in [0.2, 0.25) is 0 Å². The van der Waals surface area contributed by atoms with Gasteiger partial charge in [-0.2, -0.15) is 0 Å². The van der Waals surface area contributed by atoms with Gasteiger partial charge >= 0.3 is 0 Å². The molecule has 0 radical (unpaired) electrons. The SMILES string of the molecule is COc1ccc2nccc(Oc3ccc(Nc4nnc(-c5ccc(C)cn5)c5ccccc45)cc3)c2c1. The van der Waals surface area contributed by atoms with Crippen LogP contribution in [-0.2, 0) is 0 Å². The van der Waals surface area contributed by atoms with Gasteiger partial charge in [0.15, 0.2) is 5.82 Å². The molecule has 6 aromatic rings. The Morgan fingerprint density at radius 3 is 2.32 bits per heavy atom. The van der Waals surface area contributed by atoms with Crippen LogP contribution in [0, 0.1) is 6.92 Å². The topological polar surface area (TPSA) is 82.0 Å². The van der Waals surface area contributed by atoms with E-state index in [0.29, 0.717) is 17.3 Å². The quantitative estimate of drug-likeness (QED) is 0.270. The van der Waals surface area contributed by atoms with Gasteiger partial charge in [0.25, 0.3) is 0 Å². The number of pyridine rings is 2. The summed E-state index contributed by atoms with van der Waals surface area (Å²) in [6.45, 7) is 2.01. The van der Waals surface area contributed by atoms with Crippen molar-refractivity contribution in [2.45, 2.75) is 6.92 Å². The van der Waals surface area contributed by atoms with Gasteiger partial charge in [0.05, 0.1) is 18.3 Å². The summed E-state index contributed by atoms with van der Waals surface area (Å²) < 4.78 is 11.5. The second-order valence-corrected chi connectivity index (χ2v) is 8.61. The molecule has 0 fully saturated rings. The fourth-order valence-electron chi connectivity index (χ4n) is 4.18. The number of rotatable bonds is 6. The number of nitrogens with one attached hydrogen (secondary N) is 1. The molecule has 0 amide bonds. The Labute approximate surface area is 213 Å². The average molecular weight is 486 g/mol. The molecule has 0 bridgehead atoms. The summed E-state index contributed by atoms with van der Waals surface area (Å²) in [5.41, 5.74) is 4.36. The molecule has 7 heteroatoms. The lowest BCUT2D eigenvalue weighted by molar-refractivity contribution is 0.415. The van der Waals surface area contributed by atoms with Crippen LogP contribution in [0.15, 0.2) is 97.3 Å². The normalized spacial score (nSPS) is 11.0. The molecule has 180 valence electrons. The smallest absolute Gasteiger partial charge is 0.161 e. The van der Waals surface area contributed by atoms with Gasteiger partial charge in [-0.3, -0.25) is 9.97 Å². The number of aryl methyl sites for hydroxylation is 1. The number of benzene rings is 3.